The van der Waals surface area contributed by atoms with Gasteiger partial charge in [-0.15, -0.1) is 0 Å². The zero-order valence-electron chi connectivity index (χ0n) is 15.0. The van der Waals surface area contributed by atoms with Gasteiger partial charge in [-0.3, -0.25) is 4.84 Å². The maximum Gasteiger partial charge on any atom is 0.219 e. The minimum absolute atomic E-state index is 0.0894. The SMILES string of the molecule is COc1cc(OC)cc(C2C(S(=O)(=O)NC(C)(C)C)CON2C)c1. The fourth-order valence-corrected chi connectivity index (χ4v) is 4.70. The number of benzene rings is 1. The number of hydrogen-bond acceptors (Lipinski definition) is 6. The molecule has 1 aliphatic heterocycles. The van der Waals surface area contributed by atoms with Crippen molar-refractivity contribution in [2.45, 2.75) is 37.6 Å². The first kappa shape index (κ1) is 19.0. The molecule has 0 aromatic heterocycles. The first-order chi connectivity index (χ1) is 11.1. The summed E-state index contributed by atoms with van der Waals surface area (Å²) in [5, 5.41) is 0.833. The third kappa shape index (κ3) is 4.18. The van der Waals surface area contributed by atoms with Crippen LogP contribution in [-0.4, -0.2) is 52.1 Å². The summed E-state index contributed by atoms with van der Waals surface area (Å²) in [5.74, 6) is 1.20. The fourth-order valence-electron chi connectivity index (χ4n) is 2.78. The van der Waals surface area contributed by atoms with Gasteiger partial charge in [-0.2, -0.15) is 5.06 Å². The van der Waals surface area contributed by atoms with E-state index in [2.05, 4.69) is 4.72 Å². The van der Waals surface area contributed by atoms with Gasteiger partial charge in [-0.05, 0) is 38.5 Å². The molecule has 8 heteroatoms. The number of hydrogen-bond donors (Lipinski definition) is 1. The van der Waals surface area contributed by atoms with E-state index >= 15 is 0 Å². The summed E-state index contributed by atoms with van der Waals surface area (Å²) in [4.78, 5) is 5.51. The molecule has 7 nitrogen and oxygen atoms in total. The average molecular weight is 358 g/mol. The predicted molar refractivity (Wildman–Crippen MR) is 91.6 cm³/mol. The van der Waals surface area contributed by atoms with Gasteiger partial charge in [0, 0.05) is 18.7 Å². The van der Waals surface area contributed by atoms with Crippen molar-refractivity contribution in [3.8, 4) is 11.5 Å². The van der Waals surface area contributed by atoms with Crippen molar-refractivity contribution >= 4 is 10.0 Å². The van der Waals surface area contributed by atoms with Gasteiger partial charge in [0.1, 0.15) is 16.7 Å². The van der Waals surface area contributed by atoms with Crippen LogP contribution in [0.15, 0.2) is 18.2 Å². The van der Waals surface area contributed by atoms with Crippen LogP contribution in [-0.2, 0) is 14.9 Å². The molecule has 1 saturated heterocycles. The fraction of sp³-hybridized carbons (Fsp3) is 0.625. The Bertz CT molecular complexity index is 662. The normalized spacial score (nSPS) is 22.6. The Kier molecular flexibility index (Phi) is 5.44. The van der Waals surface area contributed by atoms with Crippen LogP contribution in [0.25, 0.3) is 0 Å². The highest BCUT2D eigenvalue weighted by Crippen LogP contribution is 2.37. The zero-order valence-corrected chi connectivity index (χ0v) is 15.8. The molecule has 2 atom stereocenters. The molecule has 0 aliphatic carbocycles. The Morgan fingerprint density at radius 1 is 1.17 bits per heavy atom. The highest BCUT2D eigenvalue weighted by molar-refractivity contribution is 7.90. The Balaban J connectivity index is 2.43. The van der Waals surface area contributed by atoms with E-state index in [1.165, 1.54) is 0 Å². The Hall–Kier alpha value is -1.35. The first-order valence-corrected chi connectivity index (χ1v) is 9.23. The number of rotatable bonds is 5. The Labute approximate surface area is 143 Å². The molecule has 1 N–H and O–H groups in total. The highest BCUT2D eigenvalue weighted by atomic mass is 32.2. The van der Waals surface area contributed by atoms with E-state index in [0.717, 1.165) is 5.56 Å². The van der Waals surface area contributed by atoms with Gasteiger partial charge in [0.15, 0.2) is 0 Å². The molecule has 24 heavy (non-hydrogen) atoms. The van der Waals surface area contributed by atoms with Gasteiger partial charge in [-0.1, -0.05) is 0 Å². The summed E-state index contributed by atoms with van der Waals surface area (Å²) in [5.41, 5.74) is 0.201. The first-order valence-electron chi connectivity index (χ1n) is 7.69. The summed E-state index contributed by atoms with van der Waals surface area (Å²) in [6.07, 6.45) is 0. The number of nitrogens with one attached hydrogen (secondary N) is 1. The number of methoxy groups -OCH3 is 2. The second-order valence-electron chi connectivity index (χ2n) is 6.87. The minimum atomic E-state index is -3.59. The molecule has 1 heterocycles. The van der Waals surface area contributed by atoms with Crippen molar-refractivity contribution in [1.82, 2.24) is 9.79 Å². The van der Waals surface area contributed by atoms with Crippen LogP contribution in [0.1, 0.15) is 32.4 Å². The van der Waals surface area contributed by atoms with Gasteiger partial charge in [0.05, 0.1) is 26.9 Å². The van der Waals surface area contributed by atoms with Crippen molar-refractivity contribution in [3.05, 3.63) is 23.8 Å². The summed E-state index contributed by atoms with van der Waals surface area (Å²) >= 11 is 0. The zero-order chi connectivity index (χ0) is 18.1. The molecule has 136 valence electrons. The second-order valence-corrected chi connectivity index (χ2v) is 8.77. The van der Waals surface area contributed by atoms with E-state index in [0.29, 0.717) is 11.5 Å². The molecule has 0 radical (unpaired) electrons. The van der Waals surface area contributed by atoms with Crippen LogP contribution in [0, 0.1) is 0 Å². The molecular weight excluding hydrogens is 332 g/mol. The van der Waals surface area contributed by atoms with Crippen LogP contribution in [0.5, 0.6) is 11.5 Å². The standard InChI is InChI=1S/C16H26N2O5S/c1-16(2,3)17-24(19,20)14-10-23-18(4)15(14)11-7-12(21-5)9-13(8-11)22-6/h7-9,14-15,17H,10H2,1-6H3. The van der Waals surface area contributed by atoms with Crippen molar-refractivity contribution in [2.75, 3.05) is 27.9 Å². The Morgan fingerprint density at radius 3 is 2.17 bits per heavy atom. The number of nitrogens with zero attached hydrogens (tertiary/aromatic N) is 1. The Morgan fingerprint density at radius 2 is 1.71 bits per heavy atom. The highest BCUT2D eigenvalue weighted by Gasteiger charge is 2.44. The average Bonchev–Trinajstić information content (AvgIpc) is 2.87. The van der Waals surface area contributed by atoms with E-state index in [9.17, 15) is 8.42 Å². The van der Waals surface area contributed by atoms with Crippen molar-refractivity contribution in [3.63, 3.8) is 0 Å². The van der Waals surface area contributed by atoms with Crippen molar-refractivity contribution < 1.29 is 22.7 Å². The lowest BCUT2D eigenvalue weighted by molar-refractivity contribution is -0.110. The van der Waals surface area contributed by atoms with E-state index < -0.39 is 26.9 Å². The topological polar surface area (TPSA) is 77.1 Å². The number of sulfonamides is 1. The predicted octanol–water partition coefficient (Wildman–Crippen LogP) is 1.71. The molecule has 0 saturated carbocycles. The number of ether oxygens (including phenoxy) is 2. The number of hydroxylamine groups is 2. The molecule has 0 spiro atoms. The third-order valence-electron chi connectivity index (χ3n) is 3.75. The van der Waals surface area contributed by atoms with Crippen molar-refractivity contribution in [1.29, 1.82) is 0 Å². The van der Waals surface area contributed by atoms with E-state index in [4.69, 9.17) is 14.3 Å². The van der Waals surface area contributed by atoms with Crippen molar-refractivity contribution in [2.24, 2.45) is 0 Å². The third-order valence-corrected chi connectivity index (χ3v) is 5.84. The summed E-state index contributed by atoms with van der Waals surface area (Å²) in [6.45, 7) is 5.53. The molecule has 1 fully saturated rings. The quantitative estimate of drug-likeness (QED) is 0.863. The molecule has 1 aromatic rings. The lowest BCUT2D eigenvalue weighted by Crippen LogP contribution is -2.47. The summed E-state index contributed by atoms with van der Waals surface area (Å²) in [7, 11) is 1.26. The largest absolute Gasteiger partial charge is 0.497 e. The van der Waals surface area contributed by atoms with E-state index in [-0.39, 0.29) is 6.61 Å². The molecule has 1 aromatic carbocycles. The van der Waals surface area contributed by atoms with Gasteiger partial charge in [0.2, 0.25) is 10.0 Å². The molecule has 0 bridgehead atoms. The van der Waals surface area contributed by atoms with Gasteiger partial charge in [-0.25, -0.2) is 13.1 Å². The smallest absolute Gasteiger partial charge is 0.219 e. The molecular formula is C16H26N2O5S. The van der Waals surface area contributed by atoms with Crippen LogP contribution >= 0.6 is 0 Å². The van der Waals surface area contributed by atoms with Gasteiger partial charge >= 0.3 is 0 Å². The molecule has 1 aliphatic rings. The second kappa shape index (κ2) is 6.87. The molecule has 2 rings (SSSR count). The lowest BCUT2D eigenvalue weighted by atomic mass is 10.0. The van der Waals surface area contributed by atoms with Gasteiger partial charge < -0.3 is 9.47 Å². The van der Waals surface area contributed by atoms with Gasteiger partial charge in [0.25, 0.3) is 0 Å². The van der Waals surface area contributed by atoms with Crippen LogP contribution in [0.3, 0.4) is 0 Å². The summed E-state index contributed by atoms with van der Waals surface area (Å²) < 4.78 is 38.9. The van der Waals surface area contributed by atoms with E-state index in [1.807, 2.05) is 20.8 Å². The van der Waals surface area contributed by atoms with Crippen LogP contribution < -0.4 is 14.2 Å². The maximum atomic E-state index is 12.8. The molecule has 0 amide bonds. The molecule has 2 unspecified atom stereocenters. The maximum absolute atomic E-state index is 12.8. The minimum Gasteiger partial charge on any atom is -0.497 e. The van der Waals surface area contributed by atoms with Crippen LogP contribution in [0.4, 0.5) is 0 Å². The van der Waals surface area contributed by atoms with Crippen LogP contribution in [0.2, 0.25) is 0 Å². The van der Waals surface area contributed by atoms with E-state index in [1.54, 1.807) is 44.5 Å². The monoisotopic (exact) mass is 358 g/mol. The summed E-state index contributed by atoms with van der Waals surface area (Å²) in [6, 6.07) is 4.89. The lowest BCUT2D eigenvalue weighted by Gasteiger charge is -2.27.